The summed E-state index contributed by atoms with van der Waals surface area (Å²) in [6.07, 6.45) is 0. The van der Waals surface area contributed by atoms with Crippen molar-refractivity contribution in [3.05, 3.63) is 39.8 Å². The quantitative estimate of drug-likeness (QED) is 0.638. The zero-order valence-electron chi connectivity index (χ0n) is 18.0. The lowest BCUT2D eigenvalue weighted by Crippen LogP contribution is -2.30. The average molecular weight is 435 g/mol. The molecule has 0 bridgehead atoms. The highest BCUT2D eigenvalue weighted by atomic mass is 32.1. The van der Waals surface area contributed by atoms with E-state index in [9.17, 15) is 14.4 Å². The Morgan fingerprint density at radius 2 is 1.67 bits per heavy atom. The van der Waals surface area contributed by atoms with Crippen LogP contribution in [0.15, 0.2) is 18.2 Å². The van der Waals surface area contributed by atoms with E-state index in [1.807, 2.05) is 13.8 Å². The van der Waals surface area contributed by atoms with Crippen molar-refractivity contribution in [2.24, 2.45) is 0 Å². The van der Waals surface area contributed by atoms with Crippen LogP contribution in [-0.4, -0.2) is 57.1 Å². The standard InChI is InChI=1S/C21H26N2O6S/c1-7-23(8-2)20(25)17-12(3)16(21(26)29-6)19(30-17)22-18(24)13-9-10-14(27-4)15(11-13)28-5/h9-11H,7-8H2,1-6H3,(H,22,24). The molecule has 0 saturated heterocycles. The third kappa shape index (κ3) is 4.56. The van der Waals surface area contributed by atoms with Crippen molar-refractivity contribution in [3.63, 3.8) is 0 Å². The largest absolute Gasteiger partial charge is 0.493 e. The summed E-state index contributed by atoms with van der Waals surface area (Å²) in [7, 11) is 4.23. The van der Waals surface area contributed by atoms with Crippen molar-refractivity contribution in [2.75, 3.05) is 39.7 Å². The lowest BCUT2D eigenvalue weighted by atomic mass is 10.1. The van der Waals surface area contributed by atoms with Gasteiger partial charge in [0.05, 0.1) is 31.8 Å². The summed E-state index contributed by atoms with van der Waals surface area (Å²) in [4.78, 5) is 40.1. The van der Waals surface area contributed by atoms with E-state index in [4.69, 9.17) is 14.2 Å². The number of rotatable bonds is 8. The first kappa shape index (κ1) is 23.2. The van der Waals surface area contributed by atoms with Crippen LogP contribution < -0.4 is 14.8 Å². The van der Waals surface area contributed by atoms with Gasteiger partial charge in [0.2, 0.25) is 0 Å². The van der Waals surface area contributed by atoms with Gasteiger partial charge in [0.25, 0.3) is 11.8 Å². The molecule has 0 spiro atoms. The molecule has 2 aromatic rings. The number of methoxy groups -OCH3 is 3. The topological polar surface area (TPSA) is 94.2 Å². The van der Waals surface area contributed by atoms with Crippen molar-refractivity contribution in [1.29, 1.82) is 0 Å². The number of nitrogens with zero attached hydrogens (tertiary/aromatic N) is 1. The number of amides is 2. The fraction of sp³-hybridized carbons (Fsp3) is 0.381. The SMILES string of the molecule is CCN(CC)C(=O)c1sc(NC(=O)c2ccc(OC)c(OC)c2)c(C(=O)OC)c1C. The number of carbonyl (C=O) groups is 3. The molecule has 0 aliphatic rings. The number of ether oxygens (including phenoxy) is 3. The second-order valence-electron chi connectivity index (χ2n) is 6.25. The van der Waals surface area contributed by atoms with Crippen LogP contribution in [0, 0.1) is 6.92 Å². The molecule has 0 saturated carbocycles. The Kier molecular flexibility index (Phi) is 7.82. The van der Waals surface area contributed by atoms with Gasteiger partial charge in [-0.2, -0.15) is 0 Å². The molecule has 2 amide bonds. The van der Waals surface area contributed by atoms with E-state index < -0.39 is 11.9 Å². The zero-order valence-corrected chi connectivity index (χ0v) is 18.8. The van der Waals surface area contributed by atoms with Crippen LogP contribution in [0.2, 0.25) is 0 Å². The minimum atomic E-state index is -0.620. The van der Waals surface area contributed by atoms with Crippen LogP contribution in [0.1, 0.15) is 49.8 Å². The van der Waals surface area contributed by atoms with Crippen molar-refractivity contribution >= 4 is 34.1 Å². The molecule has 0 aliphatic heterocycles. The minimum Gasteiger partial charge on any atom is -0.493 e. The number of benzene rings is 1. The van der Waals surface area contributed by atoms with E-state index in [2.05, 4.69) is 5.32 Å². The van der Waals surface area contributed by atoms with Crippen molar-refractivity contribution in [1.82, 2.24) is 4.90 Å². The van der Waals surface area contributed by atoms with E-state index in [1.165, 1.54) is 27.4 Å². The number of carbonyl (C=O) groups excluding carboxylic acids is 3. The van der Waals surface area contributed by atoms with Gasteiger partial charge in [-0.15, -0.1) is 11.3 Å². The highest BCUT2D eigenvalue weighted by Gasteiger charge is 2.28. The first-order chi connectivity index (χ1) is 14.3. The Hall–Kier alpha value is -3.07. The maximum absolute atomic E-state index is 12.9. The Balaban J connectivity index is 2.45. The highest BCUT2D eigenvalue weighted by molar-refractivity contribution is 7.18. The molecule has 0 fully saturated rings. The Labute approximate surface area is 179 Å². The molecule has 1 aromatic carbocycles. The molecule has 0 unspecified atom stereocenters. The van der Waals surface area contributed by atoms with Crippen molar-refractivity contribution in [3.8, 4) is 11.5 Å². The monoisotopic (exact) mass is 434 g/mol. The van der Waals surface area contributed by atoms with Crippen molar-refractivity contribution < 1.29 is 28.6 Å². The predicted octanol–water partition coefficient (Wildman–Crippen LogP) is 3.59. The molecule has 0 radical (unpaired) electrons. The van der Waals surface area contributed by atoms with Crippen LogP contribution in [0.25, 0.3) is 0 Å². The summed E-state index contributed by atoms with van der Waals surface area (Å²) >= 11 is 1.06. The molecule has 1 aromatic heterocycles. The predicted molar refractivity (Wildman–Crippen MR) is 115 cm³/mol. The molecule has 2 rings (SSSR count). The summed E-state index contributed by atoms with van der Waals surface area (Å²) in [5, 5.41) is 2.99. The highest BCUT2D eigenvalue weighted by Crippen LogP contribution is 2.35. The smallest absolute Gasteiger partial charge is 0.341 e. The third-order valence-corrected chi connectivity index (χ3v) is 5.85. The number of thiophene rings is 1. The Bertz CT molecular complexity index is 949. The summed E-state index contributed by atoms with van der Waals surface area (Å²) in [6, 6.07) is 4.73. The van der Waals surface area contributed by atoms with Gasteiger partial charge in [-0.25, -0.2) is 4.79 Å². The van der Waals surface area contributed by atoms with Crippen molar-refractivity contribution in [2.45, 2.75) is 20.8 Å². The van der Waals surface area contributed by atoms with Gasteiger partial charge in [-0.05, 0) is 44.5 Å². The fourth-order valence-electron chi connectivity index (χ4n) is 2.96. The second-order valence-corrected chi connectivity index (χ2v) is 7.27. The van der Waals surface area contributed by atoms with Crippen LogP contribution >= 0.6 is 11.3 Å². The molecule has 1 heterocycles. The lowest BCUT2D eigenvalue weighted by molar-refractivity contribution is 0.0601. The number of hydrogen-bond acceptors (Lipinski definition) is 7. The lowest BCUT2D eigenvalue weighted by Gasteiger charge is -2.17. The molecule has 162 valence electrons. The summed E-state index contributed by atoms with van der Waals surface area (Å²) in [5.74, 6) is -0.380. The third-order valence-electron chi connectivity index (χ3n) is 4.65. The Morgan fingerprint density at radius 1 is 1.03 bits per heavy atom. The van der Waals surface area contributed by atoms with Crippen LogP contribution in [0.4, 0.5) is 5.00 Å². The first-order valence-corrected chi connectivity index (χ1v) is 10.2. The fourth-order valence-corrected chi connectivity index (χ4v) is 4.12. The summed E-state index contributed by atoms with van der Waals surface area (Å²) in [6.45, 7) is 6.50. The second kappa shape index (κ2) is 10.1. The Morgan fingerprint density at radius 3 is 2.20 bits per heavy atom. The number of anilines is 1. The molecule has 30 heavy (non-hydrogen) atoms. The minimum absolute atomic E-state index is 0.173. The molecule has 0 atom stereocenters. The summed E-state index contributed by atoms with van der Waals surface area (Å²) in [5.41, 5.74) is 0.962. The molecule has 9 heteroatoms. The molecular formula is C21H26N2O6S. The number of esters is 1. The van der Waals surface area contributed by atoms with Gasteiger partial charge in [-0.3, -0.25) is 9.59 Å². The normalized spacial score (nSPS) is 10.3. The maximum Gasteiger partial charge on any atom is 0.341 e. The first-order valence-electron chi connectivity index (χ1n) is 9.37. The van der Waals surface area contributed by atoms with Gasteiger partial charge in [0.1, 0.15) is 5.00 Å². The van der Waals surface area contributed by atoms with Gasteiger partial charge in [0.15, 0.2) is 11.5 Å². The van der Waals surface area contributed by atoms with Crippen LogP contribution in [0.3, 0.4) is 0 Å². The van der Waals surface area contributed by atoms with Gasteiger partial charge in [-0.1, -0.05) is 0 Å². The summed E-state index contributed by atoms with van der Waals surface area (Å²) < 4.78 is 15.3. The molecule has 0 aliphatic carbocycles. The van der Waals surface area contributed by atoms with Gasteiger partial charge < -0.3 is 24.4 Å². The average Bonchev–Trinajstić information content (AvgIpc) is 3.08. The van der Waals surface area contributed by atoms with E-state index in [1.54, 1.807) is 24.0 Å². The number of nitrogens with one attached hydrogen (secondary N) is 1. The zero-order chi connectivity index (χ0) is 22.4. The van der Waals surface area contributed by atoms with Gasteiger partial charge in [0, 0.05) is 18.7 Å². The van der Waals surface area contributed by atoms with E-state index in [0.717, 1.165) is 11.3 Å². The van der Waals surface area contributed by atoms with E-state index in [-0.39, 0.29) is 16.5 Å². The molecule has 8 nitrogen and oxygen atoms in total. The number of hydrogen-bond donors (Lipinski definition) is 1. The van der Waals surface area contributed by atoms with E-state index >= 15 is 0 Å². The maximum atomic E-state index is 12.9. The van der Waals surface area contributed by atoms with E-state index in [0.29, 0.717) is 40.6 Å². The van der Waals surface area contributed by atoms with Crippen LogP contribution in [0.5, 0.6) is 11.5 Å². The molecule has 1 N–H and O–H groups in total. The van der Waals surface area contributed by atoms with Gasteiger partial charge >= 0.3 is 5.97 Å². The molecular weight excluding hydrogens is 408 g/mol. The van der Waals surface area contributed by atoms with Crippen LogP contribution in [-0.2, 0) is 4.74 Å².